The molecule has 0 bridgehead atoms. The maximum Gasteiger partial charge on any atom is 0.0499 e. The Hall–Kier alpha value is -0.340. The summed E-state index contributed by atoms with van der Waals surface area (Å²) >= 11 is 0. The first-order valence-corrected chi connectivity index (χ1v) is 3.61. The summed E-state index contributed by atoms with van der Waals surface area (Å²) < 4.78 is 4.97. The molecule has 0 saturated carbocycles. The fourth-order valence-electron chi connectivity index (χ4n) is 0.775. The van der Waals surface area contributed by atoms with Gasteiger partial charge >= 0.3 is 0 Å². The smallest absolute Gasteiger partial charge is 0.0499 e. The Morgan fingerprint density at radius 3 is 2.90 bits per heavy atom. The van der Waals surface area contributed by atoms with E-state index in [0.29, 0.717) is 5.92 Å². The summed E-state index contributed by atoms with van der Waals surface area (Å²) in [5.41, 5.74) is 0. The van der Waals surface area contributed by atoms with Crippen LogP contribution >= 0.6 is 0 Å². The second-order valence-corrected chi connectivity index (χ2v) is 2.51. The quantitative estimate of drug-likeness (QED) is 0.443. The van der Waals surface area contributed by atoms with Gasteiger partial charge in [-0.2, -0.15) is 0 Å². The van der Waals surface area contributed by atoms with Gasteiger partial charge in [-0.15, -0.1) is 6.58 Å². The molecule has 0 aliphatic heterocycles. The van der Waals surface area contributed by atoms with Crippen LogP contribution < -0.4 is 5.32 Å². The lowest BCUT2D eigenvalue weighted by Gasteiger charge is -2.09. The topological polar surface area (TPSA) is 21.3 Å². The molecule has 1 unspecified atom stereocenters. The zero-order valence-electron chi connectivity index (χ0n) is 6.89. The third kappa shape index (κ3) is 5.79. The molecular weight excluding hydrogens is 126 g/mol. The summed E-state index contributed by atoms with van der Waals surface area (Å²) in [4.78, 5) is 0. The molecule has 60 valence electrons. The Morgan fingerprint density at radius 2 is 2.40 bits per heavy atom. The highest BCUT2D eigenvalue weighted by molar-refractivity contribution is 4.70. The van der Waals surface area contributed by atoms with Crippen molar-refractivity contribution < 1.29 is 4.74 Å². The summed E-state index contributed by atoms with van der Waals surface area (Å²) in [5.74, 6) is 0.588. The van der Waals surface area contributed by atoms with Gasteiger partial charge in [-0.3, -0.25) is 0 Å². The molecule has 0 aliphatic carbocycles. The minimum absolute atomic E-state index is 0.588. The van der Waals surface area contributed by atoms with Gasteiger partial charge < -0.3 is 10.1 Å². The van der Waals surface area contributed by atoms with E-state index in [0.717, 1.165) is 19.7 Å². The van der Waals surface area contributed by atoms with E-state index in [2.05, 4.69) is 18.8 Å². The summed E-state index contributed by atoms with van der Waals surface area (Å²) in [6.45, 7) is 8.47. The van der Waals surface area contributed by atoms with E-state index in [1.807, 2.05) is 6.08 Å². The third-order valence-corrected chi connectivity index (χ3v) is 1.23. The first-order chi connectivity index (χ1) is 4.81. The average molecular weight is 143 g/mol. The maximum atomic E-state index is 4.97. The van der Waals surface area contributed by atoms with Crippen molar-refractivity contribution in [2.24, 2.45) is 5.92 Å². The SMILES string of the molecule is C=CCNCC(C)COC. The highest BCUT2D eigenvalue weighted by Gasteiger charge is 1.97. The summed E-state index contributed by atoms with van der Waals surface area (Å²) in [7, 11) is 1.73. The Labute approximate surface area is 63.3 Å². The molecule has 0 radical (unpaired) electrons. The van der Waals surface area contributed by atoms with Gasteiger partial charge in [0.25, 0.3) is 0 Å². The van der Waals surface area contributed by atoms with Gasteiger partial charge in [-0.1, -0.05) is 13.0 Å². The van der Waals surface area contributed by atoms with Gasteiger partial charge in [-0.25, -0.2) is 0 Å². The fourth-order valence-corrected chi connectivity index (χ4v) is 0.775. The van der Waals surface area contributed by atoms with Crippen LogP contribution in [0.1, 0.15) is 6.92 Å². The van der Waals surface area contributed by atoms with E-state index < -0.39 is 0 Å². The first kappa shape index (κ1) is 9.66. The molecule has 0 spiro atoms. The van der Waals surface area contributed by atoms with E-state index in [9.17, 15) is 0 Å². The van der Waals surface area contributed by atoms with Crippen molar-refractivity contribution in [3.63, 3.8) is 0 Å². The van der Waals surface area contributed by atoms with E-state index in [1.165, 1.54) is 0 Å². The minimum Gasteiger partial charge on any atom is -0.384 e. The third-order valence-electron chi connectivity index (χ3n) is 1.23. The zero-order valence-corrected chi connectivity index (χ0v) is 6.89. The Kier molecular flexibility index (Phi) is 6.55. The van der Waals surface area contributed by atoms with Crippen molar-refractivity contribution in [1.29, 1.82) is 0 Å². The van der Waals surface area contributed by atoms with Gasteiger partial charge in [0, 0.05) is 26.8 Å². The molecule has 1 N–H and O–H groups in total. The molecule has 0 aromatic carbocycles. The Morgan fingerprint density at radius 1 is 1.70 bits per heavy atom. The normalized spacial score (nSPS) is 13.0. The zero-order chi connectivity index (χ0) is 7.82. The van der Waals surface area contributed by atoms with Crippen molar-refractivity contribution in [1.82, 2.24) is 5.32 Å². The van der Waals surface area contributed by atoms with Crippen molar-refractivity contribution in [3.05, 3.63) is 12.7 Å². The Balaban J connectivity index is 3.04. The van der Waals surface area contributed by atoms with E-state index in [1.54, 1.807) is 7.11 Å². The Bertz CT molecular complexity index is 83.3. The van der Waals surface area contributed by atoms with Crippen LogP contribution in [0.2, 0.25) is 0 Å². The minimum atomic E-state index is 0.588. The van der Waals surface area contributed by atoms with Crippen LogP contribution in [0.3, 0.4) is 0 Å². The second kappa shape index (κ2) is 6.78. The molecule has 0 aromatic rings. The molecule has 2 heteroatoms. The van der Waals surface area contributed by atoms with Crippen LogP contribution in [0.5, 0.6) is 0 Å². The van der Waals surface area contributed by atoms with E-state index in [-0.39, 0.29) is 0 Å². The second-order valence-electron chi connectivity index (χ2n) is 2.51. The predicted molar refractivity (Wildman–Crippen MR) is 44.1 cm³/mol. The molecule has 0 amide bonds. The first-order valence-electron chi connectivity index (χ1n) is 3.61. The molecule has 0 saturated heterocycles. The molecule has 0 heterocycles. The summed E-state index contributed by atoms with van der Waals surface area (Å²) in [6, 6.07) is 0. The summed E-state index contributed by atoms with van der Waals surface area (Å²) in [5, 5.41) is 3.22. The molecular formula is C8H17NO. The molecule has 1 atom stereocenters. The monoisotopic (exact) mass is 143 g/mol. The van der Waals surface area contributed by atoms with Crippen LogP contribution in [0, 0.1) is 5.92 Å². The molecule has 0 fully saturated rings. The lowest BCUT2D eigenvalue weighted by Crippen LogP contribution is -2.23. The van der Waals surface area contributed by atoms with Gasteiger partial charge in [-0.05, 0) is 5.92 Å². The van der Waals surface area contributed by atoms with Gasteiger partial charge in [0.05, 0.1) is 0 Å². The van der Waals surface area contributed by atoms with Crippen LogP contribution in [0.4, 0.5) is 0 Å². The van der Waals surface area contributed by atoms with Crippen LogP contribution in [-0.4, -0.2) is 26.8 Å². The average Bonchev–Trinajstić information content (AvgIpc) is 1.89. The molecule has 0 aliphatic rings. The number of methoxy groups -OCH3 is 1. The van der Waals surface area contributed by atoms with Crippen LogP contribution in [-0.2, 0) is 4.74 Å². The van der Waals surface area contributed by atoms with Crippen molar-refractivity contribution >= 4 is 0 Å². The number of hydrogen-bond acceptors (Lipinski definition) is 2. The van der Waals surface area contributed by atoms with E-state index >= 15 is 0 Å². The number of rotatable bonds is 6. The number of nitrogens with one attached hydrogen (secondary N) is 1. The standard InChI is InChI=1S/C8H17NO/c1-4-5-9-6-8(2)7-10-3/h4,8-9H,1,5-7H2,2-3H3. The molecule has 2 nitrogen and oxygen atoms in total. The maximum absolute atomic E-state index is 4.97. The number of hydrogen-bond donors (Lipinski definition) is 1. The fraction of sp³-hybridized carbons (Fsp3) is 0.750. The molecule has 10 heavy (non-hydrogen) atoms. The van der Waals surface area contributed by atoms with E-state index in [4.69, 9.17) is 4.74 Å². The highest BCUT2D eigenvalue weighted by Crippen LogP contribution is 1.90. The lowest BCUT2D eigenvalue weighted by molar-refractivity contribution is 0.159. The summed E-state index contributed by atoms with van der Waals surface area (Å²) in [6.07, 6.45) is 1.86. The van der Waals surface area contributed by atoms with Crippen LogP contribution in [0.25, 0.3) is 0 Å². The number of ether oxygens (including phenoxy) is 1. The van der Waals surface area contributed by atoms with Crippen molar-refractivity contribution in [2.45, 2.75) is 6.92 Å². The molecule has 0 aromatic heterocycles. The highest BCUT2D eigenvalue weighted by atomic mass is 16.5. The largest absolute Gasteiger partial charge is 0.384 e. The van der Waals surface area contributed by atoms with Crippen LogP contribution in [0.15, 0.2) is 12.7 Å². The van der Waals surface area contributed by atoms with Gasteiger partial charge in [0.1, 0.15) is 0 Å². The predicted octanol–water partition coefficient (Wildman–Crippen LogP) is 1.04. The molecule has 0 rings (SSSR count). The van der Waals surface area contributed by atoms with Gasteiger partial charge in [0.2, 0.25) is 0 Å². The van der Waals surface area contributed by atoms with Crippen molar-refractivity contribution in [2.75, 3.05) is 26.8 Å². The lowest BCUT2D eigenvalue weighted by atomic mass is 10.2. The van der Waals surface area contributed by atoms with Gasteiger partial charge in [0.15, 0.2) is 0 Å². The van der Waals surface area contributed by atoms with Crippen molar-refractivity contribution in [3.8, 4) is 0 Å².